The molecular formula is C36H60O12. The van der Waals surface area contributed by atoms with Crippen LogP contribution in [0.5, 0.6) is 0 Å². The lowest BCUT2D eigenvalue weighted by molar-refractivity contribution is -0.156. The normalized spacial score (nSPS) is 30.8. The van der Waals surface area contributed by atoms with E-state index in [1.54, 1.807) is 0 Å². The molecule has 48 heavy (non-hydrogen) atoms. The summed E-state index contributed by atoms with van der Waals surface area (Å²) in [5, 5.41) is 0. The minimum Gasteiger partial charge on any atom is -0.465 e. The first kappa shape index (κ1) is 40.2. The Morgan fingerprint density at radius 2 is 0.604 bits per heavy atom. The van der Waals surface area contributed by atoms with Gasteiger partial charge in [0.05, 0.1) is 50.8 Å². The highest BCUT2D eigenvalue weighted by molar-refractivity contribution is 5.91. The summed E-state index contributed by atoms with van der Waals surface area (Å²) >= 11 is 0. The van der Waals surface area contributed by atoms with E-state index in [2.05, 4.69) is 0 Å². The molecule has 4 atom stereocenters. The van der Waals surface area contributed by atoms with E-state index in [0.717, 1.165) is 77.0 Å². The first-order chi connectivity index (χ1) is 22.9. The number of hydrogen-bond donors (Lipinski definition) is 0. The minimum atomic E-state index is -0.640. The van der Waals surface area contributed by atoms with Crippen molar-refractivity contribution in [3.05, 3.63) is 0 Å². The monoisotopic (exact) mass is 684 g/mol. The smallest absolute Gasteiger partial charge is 0.317 e. The number of carbonyl (C=O) groups excluding carboxylic acids is 4. The summed E-state index contributed by atoms with van der Waals surface area (Å²) in [5.41, 5.74) is 0. The van der Waals surface area contributed by atoms with Gasteiger partial charge in [-0.1, -0.05) is 25.7 Å². The van der Waals surface area contributed by atoms with Gasteiger partial charge in [-0.3, -0.25) is 19.2 Å². The molecule has 0 aliphatic carbocycles. The first-order valence-corrected chi connectivity index (χ1v) is 18.3. The van der Waals surface area contributed by atoms with Gasteiger partial charge in [-0.05, 0) is 105 Å². The van der Waals surface area contributed by atoms with Gasteiger partial charge in [-0.25, -0.2) is 0 Å². The average Bonchev–Trinajstić information content (AvgIpc) is 3.47. The highest BCUT2D eigenvalue weighted by atomic mass is 16.8. The number of carbonyl (C=O) groups is 4. The van der Waals surface area contributed by atoms with Crippen LogP contribution >= 0.6 is 0 Å². The van der Waals surface area contributed by atoms with Crippen molar-refractivity contribution in [3.63, 3.8) is 0 Å². The van der Waals surface area contributed by atoms with Crippen molar-refractivity contribution < 1.29 is 57.1 Å². The summed E-state index contributed by atoms with van der Waals surface area (Å²) in [5.74, 6) is -3.52. The third-order valence-electron chi connectivity index (χ3n) is 8.73. The molecule has 3 aliphatic heterocycles. The molecule has 3 saturated heterocycles. The Hall–Kier alpha value is -2.28. The fourth-order valence-electron chi connectivity index (χ4n) is 6.48. The Kier molecular flexibility index (Phi) is 17.6. The number of ether oxygens (including phenoxy) is 8. The van der Waals surface area contributed by atoms with Crippen LogP contribution in [0.25, 0.3) is 0 Å². The lowest BCUT2D eigenvalue weighted by Gasteiger charge is -2.17. The first-order valence-electron chi connectivity index (χ1n) is 18.3. The summed E-state index contributed by atoms with van der Waals surface area (Å²) in [7, 11) is 0. The van der Waals surface area contributed by atoms with Crippen LogP contribution < -0.4 is 0 Å². The zero-order chi connectivity index (χ0) is 34.8. The molecule has 0 unspecified atom stereocenters. The van der Waals surface area contributed by atoms with Crippen molar-refractivity contribution in [2.24, 2.45) is 0 Å². The maximum absolute atomic E-state index is 12.1. The zero-order valence-electron chi connectivity index (χ0n) is 29.8. The van der Waals surface area contributed by atoms with Crippen molar-refractivity contribution in [1.29, 1.82) is 0 Å². The molecule has 0 aromatic carbocycles. The van der Waals surface area contributed by atoms with Crippen LogP contribution in [0.2, 0.25) is 0 Å². The number of rotatable bonds is 0. The SMILES string of the molecule is CC1(C)O[C@H]2CCCCCOC(=O)CC(=O)OCCCCC[C@@H]3OC(C)(C)O[C@H]3CCCCCOC(=O)CC(=O)OCCCCC[C@@H]2O1. The van der Waals surface area contributed by atoms with Crippen molar-refractivity contribution in [2.75, 3.05) is 26.4 Å². The molecule has 0 spiro atoms. The highest BCUT2D eigenvalue weighted by Gasteiger charge is 2.41. The summed E-state index contributed by atoms with van der Waals surface area (Å²) < 4.78 is 45.6. The van der Waals surface area contributed by atoms with Gasteiger partial charge in [-0.2, -0.15) is 0 Å². The van der Waals surface area contributed by atoms with Crippen LogP contribution in [-0.2, 0) is 57.1 Å². The number of esters is 4. The third kappa shape index (κ3) is 16.4. The number of fused-ring (bicyclic) bond motifs is 2. The summed E-state index contributed by atoms with van der Waals surface area (Å²) in [6.45, 7) is 8.73. The van der Waals surface area contributed by atoms with E-state index >= 15 is 0 Å². The fraction of sp³-hybridized carbons (Fsp3) is 0.889. The second-order valence-corrected chi connectivity index (χ2v) is 14.1. The van der Waals surface area contributed by atoms with Gasteiger partial charge in [0.25, 0.3) is 0 Å². The molecule has 12 nitrogen and oxygen atoms in total. The third-order valence-corrected chi connectivity index (χ3v) is 8.73. The van der Waals surface area contributed by atoms with Crippen LogP contribution in [0.15, 0.2) is 0 Å². The minimum absolute atomic E-state index is 0.0156. The quantitative estimate of drug-likeness (QED) is 0.162. The largest absolute Gasteiger partial charge is 0.465 e. The molecule has 0 radical (unpaired) electrons. The molecule has 0 amide bonds. The maximum Gasteiger partial charge on any atom is 0.317 e. The van der Waals surface area contributed by atoms with E-state index < -0.39 is 35.5 Å². The van der Waals surface area contributed by atoms with Crippen LogP contribution in [0.3, 0.4) is 0 Å². The fourth-order valence-corrected chi connectivity index (χ4v) is 6.48. The van der Waals surface area contributed by atoms with E-state index in [0.29, 0.717) is 25.7 Å². The van der Waals surface area contributed by atoms with Gasteiger partial charge in [0, 0.05) is 0 Å². The molecule has 0 aromatic rings. The van der Waals surface area contributed by atoms with Gasteiger partial charge in [0.15, 0.2) is 11.6 Å². The van der Waals surface area contributed by atoms with Gasteiger partial charge in [0.2, 0.25) is 0 Å². The van der Waals surface area contributed by atoms with Crippen LogP contribution in [-0.4, -0.2) is 86.3 Å². The standard InChI is InChI=1S/C36H60O12/c1-35(2)45-27-17-9-5-13-21-41-31(37)25-33(39)43-23-15-7-11-19-29-30(48-36(3,4)47-29)20-12-8-16-24-44-34(40)26-32(38)42-22-14-6-10-18-28(27)46-35/h27-30H,5-26H2,1-4H3/t27-,28-,29-,30-/m0/s1. The topological polar surface area (TPSA) is 142 Å². The van der Waals surface area contributed by atoms with Gasteiger partial charge in [-0.15, -0.1) is 0 Å². The summed E-state index contributed by atoms with van der Waals surface area (Å²) in [4.78, 5) is 48.4. The van der Waals surface area contributed by atoms with Crippen molar-refractivity contribution in [1.82, 2.24) is 0 Å². The average molecular weight is 685 g/mol. The van der Waals surface area contributed by atoms with E-state index in [1.807, 2.05) is 27.7 Å². The zero-order valence-corrected chi connectivity index (χ0v) is 29.8. The van der Waals surface area contributed by atoms with Crippen LogP contribution in [0.1, 0.15) is 143 Å². The molecule has 3 rings (SSSR count). The Morgan fingerprint density at radius 3 is 0.833 bits per heavy atom. The maximum atomic E-state index is 12.1. The summed E-state index contributed by atoms with van der Waals surface area (Å²) in [6.07, 6.45) is 12.4. The lowest BCUT2D eigenvalue weighted by atomic mass is 10.0. The molecule has 3 fully saturated rings. The van der Waals surface area contributed by atoms with Crippen LogP contribution in [0.4, 0.5) is 0 Å². The van der Waals surface area contributed by atoms with E-state index in [9.17, 15) is 19.2 Å². The Bertz CT molecular complexity index is 845. The molecule has 12 heteroatoms. The molecule has 3 aliphatic rings. The Balaban J connectivity index is 1.42. The number of cyclic esters (lactones) is 4. The highest BCUT2D eigenvalue weighted by Crippen LogP contribution is 2.35. The van der Waals surface area contributed by atoms with Crippen molar-refractivity contribution >= 4 is 23.9 Å². The number of hydrogen-bond acceptors (Lipinski definition) is 12. The molecule has 0 N–H and O–H groups in total. The van der Waals surface area contributed by atoms with Crippen molar-refractivity contribution in [3.8, 4) is 0 Å². The molecule has 0 saturated carbocycles. The second kappa shape index (κ2) is 21.1. The van der Waals surface area contributed by atoms with Gasteiger partial charge in [0.1, 0.15) is 12.8 Å². The Morgan fingerprint density at radius 1 is 0.375 bits per heavy atom. The lowest BCUT2D eigenvalue weighted by Crippen LogP contribution is -2.22. The molecule has 0 bridgehead atoms. The second-order valence-electron chi connectivity index (χ2n) is 14.1. The van der Waals surface area contributed by atoms with E-state index in [1.165, 1.54) is 0 Å². The predicted octanol–water partition coefficient (Wildman–Crippen LogP) is 6.23. The van der Waals surface area contributed by atoms with Crippen molar-refractivity contribution in [2.45, 2.75) is 179 Å². The van der Waals surface area contributed by atoms with Gasteiger partial charge < -0.3 is 37.9 Å². The molecule has 0 aromatic heterocycles. The molecule has 276 valence electrons. The molecular weight excluding hydrogens is 624 g/mol. The summed E-state index contributed by atoms with van der Waals surface area (Å²) in [6, 6.07) is 0. The van der Waals surface area contributed by atoms with E-state index in [4.69, 9.17) is 37.9 Å². The molecule has 3 heterocycles. The van der Waals surface area contributed by atoms with E-state index in [-0.39, 0.29) is 63.7 Å². The van der Waals surface area contributed by atoms with Gasteiger partial charge >= 0.3 is 23.9 Å². The predicted molar refractivity (Wildman–Crippen MR) is 175 cm³/mol. The Labute approximate surface area is 286 Å². The van der Waals surface area contributed by atoms with Crippen LogP contribution in [0, 0.1) is 0 Å².